The van der Waals surface area contributed by atoms with Crippen LogP contribution in [0.15, 0.2) is 42.5 Å². The van der Waals surface area contributed by atoms with Gasteiger partial charge in [0.1, 0.15) is 5.82 Å². The van der Waals surface area contributed by atoms with Crippen LogP contribution in [-0.4, -0.2) is 11.9 Å². The first-order chi connectivity index (χ1) is 8.65. The number of benzene rings is 2. The van der Waals surface area contributed by atoms with Gasteiger partial charge >= 0.3 is 11.9 Å². The largest absolute Gasteiger partial charge is 0.386 e. The molecular weight excluding hydrogens is 235 g/mol. The Morgan fingerprint density at radius 2 is 1.56 bits per heavy atom. The third-order valence-electron chi connectivity index (χ3n) is 2.80. The average Bonchev–Trinajstić information content (AvgIpc) is 2.65. The molecule has 1 aliphatic heterocycles. The number of carbonyl (C=O) groups is 2. The molecule has 18 heavy (non-hydrogen) atoms. The first kappa shape index (κ1) is 10.7. The van der Waals surface area contributed by atoms with Gasteiger partial charge in [-0.25, -0.2) is 14.0 Å². The summed E-state index contributed by atoms with van der Waals surface area (Å²) >= 11 is 0. The minimum Gasteiger partial charge on any atom is -0.386 e. The fourth-order valence-corrected chi connectivity index (χ4v) is 1.93. The van der Waals surface area contributed by atoms with E-state index in [1.54, 1.807) is 18.2 Å². The first-order valence-electron chi connectivity index (χ1n) is 5.31. The van der Waals surface area contributed by atoms with Crippen LogP contribution in [0.1, 0.15) is 20.7 Å². The van der Waals surface area contributed by atoms with Crippen LogP contribution in [0.4, 0.5) is 4.39 Å². The van der Waals surface area contributed by atoms with E-state index in [4.69, 9.17) is 0 Å². The van der Waals surface area contributed by atoms with Gasteiger partial charge in [-0.3, -0.25) is 0 Å². The van der Waals surface area contributed by atoms with Crippen molar-refractivity contribution in [3.05, 3.63) is 59.4 Å². The zero-order valence-electron chi connectivity index (χ0n) is 9.14. The summed E-state index contributed by atoms with van der Waals surface area (Å²) in [5.41, 5.74) is 1.78. The van der Waals surface area contributed by atoms with Crippen LogP contribution >= 0.6 is 0 Å². The van der Waals surface area contributed by atoms with Crippen molar-refractivity contribution in [3.63, 3.8) is 0 Å². The molecule has 0 saturated heterocycles. The molecule has 1 heterocycles. The highest BCUT2D eigenvalue weighted by molar-refractivity contribution is 6.15. The van der Waals surface area contributed by atoms with Crippen molar-refractivity contribution in [2.75, 3.05) is 0 Å². The maximum atomic E-state index is 13.1. The molecule has 0 fully saturated rings. The zero-order chi connectivity index (χ0) is 12.7. The second kappa shape index (κ2) is 3.77. The molecule has 0 bridgehead atoms. The number of hydrogen-bond donors (Lipinski definition) is 0. The van der Waals surface area contributed by atoms with E-state index < -0.39 is 11.9 Å². The van der Waals surface area contributed by atoms with Crippen molar-refractivity contribution in [2.24, 2.45) is 0 Å². The van der Waals surface area contributed by atoms with Gasteiger partial charge in [0.25, 0.3) is 0 Å². The molecule has 0 saturated carbocycles. The van der Waals surface area contributed by atoms with E-state index in [0.29, 0.717) is 11.1 Å². The predicted octanol–water partition coefficient (Wildman–Crippen LogP) is 2.80. The smallest absolute Gasteiger partial charge is 0.346 e. The van der Waals surface area contributed by atoms with E-state index in [9.17, 15) is 14.0 Å². The minimum atomic E-state index is -0.659. The molecule has 0 radical (unpaired) electrons. The number of halogens is 1. The van der Waals surface area contributed by atoms with Gasteiger partial charge in [0.15, 0.2) is 0 Å². The summed E-state index contributed by atoms with van der Waals surface area (Å²) in [5, 5.41) is 0. The van der Waals surface area contributed by atoms with Crippen molar-refractivity contribution in [1.82, 2.24) is 0 Å². The maximum absolute atomic E-state index is 13.1. The SMILES string of the molecule is O=C1OC(=O)c2cc(-c3cccc(F)c3)ccc21. The highest BCUT2D eigenvalue weighted by Gasteiger charge is 2.29. The summed E-state index contributed by atoms with van der Waals surface area (Å²) in [4.78, 5) is 22.7. The highest BCUT2D eigenvalue weighted by atomic mass is 19.1. The number of esters is 2. The number of cyclic esters (lactones) is 2. The molecule has 3 rings (SSSR count). The molecule has 3 nitrogen and oxygen atoms in total. The summed E-state index contributed by atoms with van der Waals surface area (Å²) in [6, 6.07) is 10.7. The van der Waals surface area contributed by atoms with Gasteiger partial charge < -0.3 is 4.74 Å². The second-order valence-corrected chi connectivity index (χ2v) is 3.95. The van der Waals surface area contributed by atoms with Crippen LogP contribution in [-0.2, 0) is 4.74 Å². The van der Waals surface area contributed by atoms with E-state index in [1.165, 1.54) is 24.3 Å². The molecule has 4 heteroatoms. The second-order valence-electron chi connectivity index (χ2n) is 3.95. The fraction of sp³-hybridized carbons (Fsp3) is 0. The summed E-state index contributed by atoms with van der Waals surface area (Å²) in [5.74, 6) is -1.65. The Balaban J connectivity index is 2.14. The third kappa shape index (κ3) is 1.59. The van der Waals surface area contributed by atoms with Gasteiger partial charge in [0, 0.05) is 0 Å². The maximum Gasteiger partial charge on any atom is 0.346 e. The third-order valence-corrected chi connectivity index (χ3v) is 2.80. The van der Waals surface area contributed by atoms with E-state index in [2.05, 4.69) is 4.74 Å². The Kier molecular flexibility index (Phi) is 2.23. The fourth-order valence-electron chi connectivity index (χ4n) is 1.93. The van der Waals surface area contributed by atoms with Gasteiger partial charge in [-0.05, 0) is 35.4 Å². The summed E-state index contributed by atoms with van der Waals surface area (Å²) in [6.07, 6.45) is 0. The molecule has 0 atom stereocenters. The molecule has 2 aromatic carbocycles. The Bertz CT molecular complexity index is 676. The van der Waals surface area contributed by atoms with Crippen molar-refractivity contribution in [2.45, 2.75) is 0 Å². The molecule has 2 aromatic rings. The number of rotatable bonds is 1. The molecular formula is C14H7FO3. The monoisotopic (exact) mass is 242 g/mol. The van der Waals surface area contributed by atoms with Crippen molar-refractivity contribution < 1.29 is 18.7 Å². The molecule has 0 N–H and O–H groups in total. The first-order valence-corrected chi connectivity index (χ1v) is 5.31. The number of fused-ring (bicyclic) bond motifs is 1. The summed E-state index contributed by atoms with van der Waals surface area (Å²) in [6.45, 7) is 0. The standard InChI is InChI=1S/C14H7FO3/c15-10-3-1-2-8(6-10)9-4-5-11-12(7-9)14(17)18-13(11)16/h1-7H. The van der Waals surface area contributed by atoms with Crippen LogP contribution in [0.3, 0.4) is 0 Å². The average molecular weight is 242 g/mol. The van der Waals surface area contributed by atoms with E-state index >= 15 is 0 Å². The Labute approximate surface area is 102 Å². The molecule has 0 unspecified atom stereocenters. The van der Waals surface area contributed by atoms with Crippen molar-refractivity contribution in [3.8, 4) is 11.1 Å². The van der Waals surface area contributed by atoms with Gasteiger partial charge in [-0.15, -0.1) is 0 Å². The lowest BCUT2D eigenvalue weighted by atomic mass is 10.0. The zero-order valence-corrected chi connectivity index (χ0v) is 9.14. The van der Waals surface area contributed by atoms with Crippen LogP contribution in [0.25, 0.3) is 11.1 Å². The number of ether oxygens (including phenoxy) is 1. The van der Waals surface area contributed by atoms with Gasteiger partial charge in [0.05, 0.1) is 11.1 Å². The summed E-state index contributed by atoms with van der Waals surface area (Å²) < 4.78 is 17.6. The van der Waals surface area contributed by atoms with Crippen LogP contribution in [0.2, 0.25) is 0 Å². The van der Waals surface area contributed by atoms with E-state index in [0.717, 1.165) is 0 Å². The van der Waals surface area contributed by atoms with E-state index in [1.807, 2.05) is 0 Å². The molecule has 88 valence electrons. The van der Waals surface area contributed by atoms with Gasteiger partial charge in [-0.1, -0.05) is 18.2 Å². The topological polar surface area (TPSA) is 43.4 Å². The quantitative estimate of drug-likeness (QED) is 0.570. The molecule has 0 spiro atoms. The Hall–Kier alpha value is -2.49. The lowest BCUT2D eigenvalue weighted by Gasteiger charge is -2.02. The lowest BCUT2D eigenvalue weighted by molar-refractivity contribution is 0.0444. The van der Waals surface area contributed by atoms with Crippen LogP contribution in [0.5, 0.6) is 0 Å². The van der Waals surface area contributed by atoms with E-state index in [-0.39, 0.29) is 16.9 Å². The normalized spacial score (nSPS) is 13.4. The van der Waals surface area contributed by atoms with Gasteiger partial charge in [-0.2, -0.15) is 0 Å². The molecule has 0 aromatic heterocycles. The lowest BCUT2D eigenvalue weighted by Crippen LogP contribution is -1.96. The molecule has 0 aliphatic carbocycles. The van der Waals surface area contributed by atoms with Crippen molar-refractivity contribution >= 4 is 11.9 Å². The highest BCUT2D eigenvalue weighted by Crippen LogP contribution is 2.27. The molecule has 0 amide bonds. The van der Waals surface area contributed by atoms with Gasteiger partial charge in [0.2, 0.25) is 0 Å². The van der Waals surface area contributed by atoms with Crippen molar-refractivity contribution in [1.29, 1.82) is 0 Å². The number of hydrogen-bond acceptors (Lipinski definition) is 3. The number of carbonyl (C=O) groups excluding carboxylic acids is 2. The minimum absolute atomic E-state index is 0.224. The Morgan fingerprint density at radius 1 is 0.833 bits per heavy atom. The van der Waals surface area contributed by atoms with Crippen LogP contribution in [0, 0.1) is 5.82 Å². The van der Waals surface area contributed by atoms with Crippen LogP contribution < -0.4 is 0 Å². The summed E-state index contributed by atoms with van der Waals surface area (Å²) in [7, 11) is 0. The molecule has 1 aliphatic rings. The Morgan fingerprint density at radius 3 is 2.33 bits per heavy atom. The predicted molar refractivity (Wildman–Crippen MR) is 61.6 cm³/mol.